The van der Waals surface area contributed by atoms with Gasteiger partial charge in [-0.15, -0.1) is 0 Å². The third-order valence-electron chi connectivity index (χ3n) is 6.70. The van der Waals surface area contributed by atoms with Gasteiger partial charge in [-0.05, 0) is 41.3 Å². The van der Waals surface area contributed by atoms with Gasteiger partial charge in [0.15, 0.2) is 0 Å². The minimum absolute atomic E-state index is 0.0145. The molecule has 2 fully saturated rings. The first-order valence-electron chi connectivity index (χ1n) is 10.9. The fourth-order valence-corrected chi connectivity index (χ4v) is 5.11. The van der Waals surface area contributed by atoms with Gasteiger partial charge < -0.3 is 14.9 Å². The van der Waals surface area contributed by atoms with Gasteiger partial charge in [-0.25, -0.2) is 0 Å². The Morgan fingerprint density at radius 1 is 1.09 bits per heavy atom. The average molecular weight is 428 g/mol. The number of amides is 2. The van der Waals surface area contributed by atoms with Crippen molar-refractivity contribution < 1.29 is 14.7 Å². The van der Waals surface area contributed by atoms with Crippen LogP contribution in [0.4, 0.5) is 0 Å². The summed E-state index contributed by atoms with van der Waals surface area (Å²) in [6, 6.07) is 19.6. The van der Waals surface area contributed by atoms with Crippen LogP contribution in [0.3, 0.4) is 0 Å². The lowest BCUT2D eigenvalue weighted by Gasteiger charge is -2.58. The van der Waals surface area contributed by atoms with E-state index >= 15 is 0 Å². The predicted octanol–water partition coefficient (Wildman–Crippen LogP) is 2.87. The Hall–Kier alpha value is -3.51. The van der Waals surface area contributed by atoms with Crippen molar-refractivity contribution in [2.45, 2.75) is 24.9 Å². The molecule has 1 N–H and O–H groups in total. The van der Waals surface area contributed by atoms with E-state index in [2.05, 4.69) is 48.3 Å². The normalized spacial score (nSPS) is 22.3. The van der Waals surface area contributed by atoms with E-state index in [1.165, 1.54) is 17.3 Å². The summed E-state index contributed by atoms with van der Waals surface area (Å²) in [5.74, 6) is -0.322. The van der Waals surface area contributed by atoms with E-state index in [4.69, 9.17) is 0 Å². The maximum absolute atomic E-state index is 12.9. The molecule has 2 saturated heterocycles. The summed E-state index contributed by atoms with van der Waals surface area (Å²) in [6.45, 7) is 2.47. The van der Waals surface area contributed by atoms with Gasteiger partial charge in [0.1, 0.15) is 6.54 Å². The van der Waals surface area contributed by atoms with Crippen molar-refractivity contribution in [3.63, 3.8) is 0 Å². The molecule has 2 aliphatic heterocycles. The number of benzene rings is 2. The molecule has 5 rings (SSSR count). The molecule has 3 heterocycles. The van der Waals surface area contributed by atoms with E-state index in [9.17, 15) is 14.7 Å². The molecule has 6 heteroatoms. The Morgan fingerprint density at radius 2 is 1.88 bits per heavy atom. The van der Waals surface area contributed by atoms with Crippen LogP contribution in [0.5, 0.6) is 0 Å². The highest BCUT2D eigenvalue weighted by Crippen LogP contribution is 2.43. The van der Waals surface area contributed by atoms with E-state index in [1.54, 1.807) is 28.1 Å². The van der Waals surface area contributed by atoms with Crippen LogP contribution < -0.4 is 0 Å². The summed E-state index contributed by atoms with van der Waals surface area (Å²) in [5, 5.41) is 10.0. The highest BCUT2D eigenvalue weighted by molar-refractivity contribution is 5.97. The number of rotatable bonds is 4. The zero-order chi connectivity index (χ0) is 22.2. The van der Waals surface area contributed by atoms with Gasteiger partial charge in [-0.1, -0.05) is 48.5 Å². The molecule has 0 aliphatic carbocycles. The standard InChI is InChI=1S/C26H25N3O3/c1-17-5-2-3-7-21(17)18-8-10-19(11-9-18)25-22-14-28(15-24(31)29(22)23(25)16-30)26(32)20-6-4-12-27-13-20/h2-13,22-23,25,30H,14-16H2,1H3/t22-,23-,25-/m1/s1. The molecule has 6 nitrogen and oxygen atoms in total. The number of aliphatic hydroxyl groups is 1. The monoisotopic (exact) mass is 427 g/mol. The third kappa shape index (κ3) is 3.37. The van der Waals surface area contributed by atoms with Gasteiger partial charge in [-0.3, -0.25) is 14.6 Å². The van der Waals surface area contributed by atoms with Gasteiger partial charge in [-0.2, -0.15) is 0 Å². The third-order valence-corrected chi connectivity index (χ3v) is 6.70. The fourth-order valence-electron chi connectivity index (χ4n) is 5.11. The number of carbonyl (C=O) groups is 2. The molecular formula is C26H25N3O3. The highest BCUT2D eigenvalue weighted by atomic mass is 16.3. The number of nitrogens with zero attached hydrogens (tertiary/aromatic N) is 3. The van der Waals surface area contributed by atoms with Gasteiger partial charge >= 0.3 is 0 Å². The van der Waals surface area contributed by atoms with Crippen molar-refractivity contribution in [2.24, 2.45) is 0 Å². The molecular weight excluding hydrogens is 402 g/mol. The van der Waals surface area contributed by atoms with Crippen molar-refractivity contribution in [1.29, 1.82) is 0 Å². The van der Waals surface area contributed by atoms with Crippen LogP contribution in [0.25, 0.3) is 11.1 Å². The molecule has 3 atom stereocenters. The first-order chi connectivity index (χ1) is 15.6. The smallest absolute Gasteiger partial charge is 0.255 e. The SMILES string of the molecule is Cc1ccccc1-c1ccc([C@H]2[C@@H](CO)N3C(=O)CN(C(=O)c4cccnc4)C[C@H]23)cc1. The summed E-state index contributed by atoms with van der Waals surface area (Å²) in [5.41, 5.74) is 5.09. The van der Waals surface area contributed by atoms with Crippen LogP contribution in [0.1, 0.15) is 27.4 Å². The molecule has 2 amide bonds. The molecule has 162 valence electrons. The van der Waals surface area contributed by atoms with Crippen molar-refractivity contribution in [3.8, 4) is 11.1 Å². The highest BCUT2D eigenvalue weighted by Gasteiger charge is 2.54. The molecule has 0 spiro atoms. The second-order valence-corrected chi connectivity index (χ2v) is 8.51. The minimum atomic E-state index is -0.257. The number of hydrogen-bond acceptors (Lipinski definition) is 4. The maximum Gasteiger partial charge on any atom is 0.255 e. The first kappa shape index (κ1) is 20.4. The second kappa shape index (κ2) is 8.20. The number of pyridine rings is 1. The van der Waals surface area contributed by atoms with Crippen molar-refractivity contribution in [2.75, 3.05) is 19.7 Å². The Kier molecular flexibility index (Phi) is 5.23. The van der Waals surface area contributed by atoms with Crippen LogP contribution in [-0.2, 0) is 4.79 Å². The minimum Gasteiger partial charge on any atom is -0.394 e. The summed E-state index contributed by atoms with van der Waals surface area (Å²) < 4.78 is 0. The molecule has 32 heavy (non-hydrogen) atoms. The van der Waals surface area contributed by atoms with Crippen LogP contribution in [0.15, 0.2) is 73.1 Å². The molecule has 1 aromatic heterocycles. The molecule has 0 radical (unpaired) electrons. The quantitative estimate of drug-likeness (QED) is 0.695. The van der Waals surface area contributed by atoms with Gasteiger partial charge in [0.05, 0.1) is 24.3 Å². The lowest BCUT2D eigenvalue weighted by Crippen LogP contribution is -2.73. The number of hydrogen-bond donors (Lipinski definition) is 1. The number of carbonyl (C=O) groups excluding carboxylic acids is 2. The first-order valence-corrected chi connectivity index (χ1v) is 10.9. The van der Waals surface area contributed by atoms with Gasteiger partial charge in [0, 0.05) is 24.9 Å². The maximum atomic E-state index is 12.9. The van der Waals surface area contributed by atoms with E-state index in [0.717, 1.165) is 11.1 Å². The van der Waals surface area contributed by atoms with Gasteiger partial charge in [0.2, 0.25) is 5.91 Å². The van der Waals surface area contributed by atoms with Crippen LogP contribution in [-0.4, -0.2) is 63.5 Å². The molecule has 0 bridgehead atoms. The molecule has 2 aliphatic rings. The summed E-state index contributed by atoms with van der Waals surface area (Å²) in [7, 11) is 0. The number of aromatic nitrogens is 1. The van der Waals surface area contributed by atoms with Gasteiger partial charge in [0.25, 0.3) is 5.91 Å². The average Bonchev–Trinajstić information content (AvgIpc) is 2.81. The van der Waals surface area contributed by atoms with Crippen molar-refractivity contribution >= 4 is 11.8 Å². The topological polar surface area (TPSA) is 73.7 Å². The Bertz CT molecular complexity index is 1150. The van der Waals surface area contributed by atoms with Crippen LogP contribution in [0, 0.1) is 6.92 Å². The lowest BCUT2D eigenvalue weighted by molar-refractivity contribution is -0.159. The number of fused-ring (bicyclic) bond motifs is 1. The number of aliphatic hydroxyl groups excluding tert-OH is 1. The number of aryl methyl sites for hydroxylation is 1. The summed E-state index contributed by atoms with van der Waals surface area (Å²) in [4.78, 5) is 33.1. The zero-order valence-electron chi connectivity index (χ0n) is 17.9. The zero-order valence-corrected chi connectivity index (χ0v) is 17.9. The molecule has 2 aromatic carbocycles. The van der Waals surface area contributed by atoms with E-state index in [1.807, 2.05) is 12.1 Å². The Labute approximate surface area is 187 Å². The summed E-state index contributed by atoms with van der Waals surface area (Å²) in [6.07, 6.45) is 3.15. The second-order valence-electron chi connectivity index (χ2n) is 8.51. The molecule has 0 unspecified atom stereocenters. The molecule has 0 saturated carbocycles. The Balaban J connectivity index is 1.40. The Morgan fingerprint density at radius 3 is 2.56 bits per heavy atom. The van der Waals surface area contributed by atoms with E-state index < -0.39 is 0 Å². The molecule has 3 aromatic rings. The van der Waals surface area contributed by atoms with E-state index in [0.29, 0.717) is 12.1 Å². The largest absolute Gasteiger partial charge is 0.394 e. The number of piperazine rings is 1. The van der Waals surface area contributed by atoms with Crippen LogP contribution >= 0.6 is 0 Å². The predicted molar refractivity (Wildman–Crippen MR) is 121 cm³/mol. The lowest BCUT2D eigenvalue weighted by atomic mass is 9.73. The van der Waals surface area contributed by atoms with E-state index in [-0.39, 0.29) is 43.0 Å². The van der Waals surface area contributed by atoms with Crippen LogP contribution in [0.2, 0.25) is 0 Å². The summed E-state index contributed by atoms with van der Waals surface area (Å²) >= 11 is 0. The fraction of sp³-hybridized carbons (Fsp3) is 0.269. The van der Waals surface area contributed by atoms with Crippen molar-refractivity contribution in [3.05, 3.63) is 89.7 Å². The van der Waals surface area contributed by atoms with Crippen molar-refractivity contribution in [1.82, 2.24) is 14.8 Å².